The Hall–Kier alpha value is -1.43. The monoisotopic (exact) mass is 290 g/mol. The number of aromatic nitrogens is 3. The van der Waals surface area contributed by atoms with Crippen molar-refractivity contribution >= 4 is 11.8 Å². The van der Waals surface area contributed by atoms with Gasteiger partial charge >= 0.3 is 0 Å². The highest BCUT2D eigenvalue weighted by molar-refractivity contribution is 5.42. The van der Waals surface area contributed by atoms with E-state index in [2.05, 4.69) is 38.7 Å². The molecule has 2 fully saturated rings. The Balaban J connectivity index is 1.68. The fourth-order valence-corrected chi connectivity index (χ4v) is 3.24. The van der Waals surface area contributed by atoms with Crippen molar-refractivity contribution in [3.05, 3.63) is 6.20 Å². The van der Waals surface area contributed by atoms with E-state index < -0.39 is 0 Å². The van der Waals surface area contributed by atoms with Crippen molar-refractivity contribution < 1.29 is 0 Å². The smallest absolute Gasteiger partial charge is 0.247 e. The van der Waals surface area contributed by atoms with Gasteiger partial charge in [-0.2, -0.15) is 10.1 Å². The molecule has 6 nitrogen and oxygen atoms in total. The van der Waals surface area contributed by atoms with Crippen LogP contribution in [-0.4, -0.2) is 65.9 Å². The fraction of sp³-hybridized carbons (Fsp3) is 0.800. The highest BCUT2D eigenvalue weighted by Gasteiger charge is 2.21. The maximum atomic E-state index is 4.77. The van der Waals surface area contributed by atoms with Crippen LogP contribution in [0.15, 0.2) is 6.20 Å². The third-order valence-electron chi connectivity index (χ3n) is 4.62. The molecule has 2 aliphatic rings. The van der Waals surface area contributed by atoms with Crippen molar-refractivity contribution in [2.75, 3.05) is 55.6 Å². The minimum Gasteiger partial charge on any atom is -0.353 e. The summed E-state index contributed by atoms with van der Waals surface area (Å²) in [7, 11) is 0. The molecule has 0 aliphatic carbocycles. The Morgan fingerprint density at radius 3 is 2.67 bits per heavy atom. The van der Waals surface area contributed by atoms with Crippen molar-refractivity contribution in [3.8, 4) is 0 Å². The minimum absolute atomic E-state index is 0.721. The number of piperazine rings is 1. The topological polar surface area (TPSA) is 48.4 Å². The average Bonchev–Trinajstić information content (AvgIpc) is 2.55. The molecular formula is C15H26N6. The Morgan fingerprint density at radius 2 is 1.95 bits per heavy atom. The molecule has 0 aromatic carbocycles. The zero-order chi connectivity index (χ0) is 14.7. The second-order valence-electron chi connectivity index (χ2n) is 6.23. The molecule has 116 valence electrons. The molecule has 21 heavy (non-hydrogen) atoms. The number of nitrogens with zero attached hydrogens (tertiary/aromatic N) is 6. The van der Waals surface area contributed by atoms with Gasteiger partial charge in [-0.3, -0.25) is 0 Å². The first-order chi connectivity index (χ1) is 10.3. The predicted octanol–water partition coefficient (Wildman–Crippen LogP) is 1.25. The number of anilines is 2. The highest BCUT2D eigenvalue weighted by Crippen LogP contribution is 2.21. The molecule has 2 aliphatic heterocycles. The van der Waals surface area contributed by atoms with Crippen molar-refractivity contribution in [1.82, 2.24) is 20.1 Å². The molecule has 2 saturated heterocycles. The standard InChI is InChI=1S/C15H26N6/c1-3-19-7-9-20(10-8-19)14-11-16-18-15(17-14)21-6-4-5-13(2)12-21/h11,13H,3-10,12H2,1-2H3. The first-order valence-electron chi connectivity index (χ1n) is 8.18. The number of hydrogen-bond donors (Lipinski definition) is 0. The van der Waals surface area contributed by atoms with Crippen LogP contribution in [0.4, 0.5) is 11.8 Å². The third-order valence-corrected chi connectivity index (χ3v) is 4.62. The zero-order valence-corrected chi connectivity index (χ0v) is 13.2. The molecule has 3 rings (SSSR count). The minimum atomic E-state index is 0.721. The van der Waals surface area contributed by atoms with Crippen LogP contribution in [-0.2, 0) is 0 Å². The van der Waals surface area contributed by atoms with Crippen molar-refractivity contribution in [2.24, 2.45) is 5.92 Å². The van der Waals surface area contributed by atoms with Gasteiger partial charge in [-0.15, -0.1) is 5.10 Å². The summed E-state index contributed by atoms with van der Waals surface area (Å²) in [5, 5.41) is 8.44. The van der Waals surface area contributed by atoms with Crippen molar-refractivity contribution in [2.45, 2.75) is 26.7 Å². The van der Waals surface area contributed by atoms with Crippen LogP contribution in [0.2, 0.25) is 0 Å². The summed E-state index contributed by atoms with van der Waals surface area (Å²) in [5.41, 5.74) is 0. The first-order valence-corrected chi connectivity index (χ1v) is 8.18. The number of piperidine rings is 1. The van der Waals surface area contributed by atoms with Crippen LogP contribution in [0.1, 0.15) is 26.7 Å². The lowest BCUT2D eigenvalue weighted by atomic mass is 10.0. The van der Waals surface area contributed by atoms with Crippen LogP contribution in [0.5, 0.6) is 0 Å². The van der Waals surface area contributed by atoms with Crippen LogP contribution < -0.4 is 9.80 Å². The molecule has 6 heteroatoms. The summed E-state index contributed by atoms with van der Waals surface area (Å²) in [6, 6.07) is 0. The largest absolute Gasteiger partial charge is 0.353 e. The molecule has 0 N–H and O–H groups in total. The Bertz CT molecular complexity index is 457. The summed E-state index contributed by atoms with van der Waals surface area (Å²) in [6.07, 6.45) is 4.34. The molecule has 3 heterocycles. The fourth-order valence-electron chi connectivity index (χ4n) is 3.24. The molecule has 0 radical (unpaired) electrons. The van der Waals surface area contributed by atoms with Crippen LogP contribution in [0.3, 0.4) is 0 Å². The molecular weight excluding hydrogens is 264 g/mol. The third kappa shape index (κ3) is 3.43. The van der Waals surface area contributed by atoms with Gasteiger partial charge in [-0.1, -0.05) is 13.8 Å². The van der Waals surface area contributed by atoms with Gasteiger partial charge in [-0.05, 0) is 25.3 Å². The van der Waals surface area contributed by atoms with Gasteiger partial charge in [0.1, 0.15) is 0 Å². The second-order valence-corrected chi connectivity index (χ2v) is 6.23. The summed E-state index contributed by atoms with van der Waals surface area (Å²) < 4.78 is 0. The lowest BCUT2D eigenvalue weighted by Crippen LogP contribution is -2.46. The lowest BCUT2D eigenvalue weighted by molar-refractivity contribution is 0.270. The Labute approximate surface area is 127 Å². The van der Waals surface area contributed by atoms with E-state index in [1.54, 1.807) is 6.20 Å². The summed E-state index contributed by atoms with van der Waals surface area (Å²) in [4.78, 5) is 11.9. The normalized spacial score (nSPS) is 24.4. The predicted molar refractivity (Wildman–Crippen MR) is 84.8 cm³/mol. The number of rotatable bonds is 3. The summed E-state index contributed by atoms with van der Waals surface area (Å²) in [6.45, 7) is 12.0. The number of likely N-dealkylation sites (N-methyl/N-ethyl adjacent to an activating group) is 1. The van der Waals surface area contributed by atoms with Gasteiger partial charge < -0.3 is 14.7 Å². The van der Waals surface area contributed by atoms with E-state index in [9.17, 15) is 0 Å². The summed E-state index contributed by atoms with van der Waals surface area (Å²) >= 11 is 0. The Morgan fingerprint density at radius 1 is 1.14 bits per heavy atom. The number of hydrogen-bond acceptors (Lipinski definition) is 6. The van der Waals surface area contributed by atoms with E-state index in [-0.39, 0.29) is 0 Å². The van der Waals surface area contributed by atoms with Gasteiger partial charge in [0.2, 0.25) is 5.95 Å². The van der Waals surface area contributed by atoms with Gasteiger partial charge in [-0.25, -0.2) is 0 Å². The highest BCUT2D eigenvalue weighted by atomic mass is 15.4. The molecule has 0 saturated carbocycles. The molecule has 0 amide bonds. The molecule has 0 bridgehead atoms. The van der Waals surface area contributed by atoms with Crippen molar-refractivity contribution in [1.29, 1.82) is 0 Å². The average molecular weight is 290 g/mol. The van der Waals surface area contributed by atoms with E-state index in [1.165, 1.54) is 12.8 Å². The van der Waals surface area contributed by atoms with E-state index in [0.29, 0.717) is 0 Å². The quantitative estimate of drug-likeness (QED) is 0.835. The molecule has 1 unspecified atom stereocenters. The van der Waals surface area contributed by atoms with E-state index in [1.807, 2.05) is 0 Å². The van der Waals surface area contributed by atoms with E-state index in [0.717, 1.165) is 63.5 Å². The lowest BCUT2D eigenvalue weighted by Gasteiger charge is -2.35. The molecule has 1 aromatic rings. The zero-order valence-electron chi connectivity index (χ0n) is 13.2. The van der Waals surface area contributed by atoms with Crippen LogP contribution in [0.25, 0.3) is 0 Å². The first kappa shape index (κ1) is 14.5. The Kier molecular flexibility index (Phi) is 4.53. The molecule has 0 spiro atoms. The maximum absolute atomic E-state index is 4.77. The molecule has 1 atom stereocenters. The SMILES string of the molecule is CCN1CCN(c2cnnc(N3CCCC(C)C3)n2)CC1. The van der Waals surface area contributed by atoms with Gasteiger partial charge in [0.25, 0.3) is 0 Å². The van der Waals surface area contributed by atoms with Crippen LogP contribution in [0, 0.1) is 5.92 Å². The van der Waals surface area contributed by atoms with Gasteiger partial charge in [0.15, 0.2) is 5.82 Å². The van der Waals surface area contributed by atoms with Gasteiger partial charge in [0.05, 0.1) is 6.20 Å². The van der Waals surface area contributed by atoms with Crippen LogP contribution >= 0.6 is 0 Å². The van der Waals surface area contributed by atoms with Crippen molar-refractivity contribution in [3.63, 3.8) is 0 Å². The second kappa shape index (κ2) is 6.56. The maximum Gasteiger partial charge on any atom is 0.247 e. The molecule has 1 aromatic heterocycles. The van der Waals surface area contributed by atoms with Gasteiger partial charge in [0, 0.05) is 39.3 Å². The van der Waals surface area contributed by atoms with E-state index in [4.69, 9.17) is 4.98 Å². The van der Waals surface area contributed by atoms with E-state index >= 15 is 0 Å². The summed E-state index contributed by atoms with van der Waals surface area (Å²) in [5.74, 6) is 2.50.